The second-order valence-corrected chi connectivity index (χ2v) is 5.21. The Bertz CT molecular complexity index is 619. The summed E-state index contributed by atoms with van der Waals surface area (Å²) in [7, 11) is 0. The highest BCUT2D eigenvalue weighted by Gasteiger charge is 2.40. The minimum absolute atomic E-state index is 0.0279. The van der Waals surface area contributed by atoms with Gasteiger partial charge in [0.05, 0.1) is 23.7 Å². The number of hydrogen-bond donors (Lipinski definition) is 1. The largest absolute Gasteiger partial charge is 0.294 e. The van der Waals surface area contributed by atoms with Crippen molar-refractivity contribution in [3.05, 3.63) is 35.1 Å². The highest BCUT2D eigenvalue weighted by atomic mass is 19.1. The number of halogens is 1. The van der Waals surface area contributed by atoms with Crippen LogP contribution >= 0.6 is 0 Å². The van der Waals surface area contributed by atoms with Crippen LogP contribution in [0.4, 0.5) is 4.39 Å². The number of nitrogens with one attached hydrogen (secondary N) is 1. The van der Waals surface area contributed by atoms with Crippen LogP contribution in [0.25, 0.3) is 0 Å². The van der Waals surface area contributed by atoms with E-state index in [0.29, 0.717) is 11.1 Å². The monoisotopic (exact) mass is 275 g/mol. The van der Waals surface area contributed by atoms with Crippen LogP contribution in [0, 0.1) is 17.1 Å². The molecule has 0 radical (unpaired) electrons. The van der Waals surface area contributed by atoms with E-state index in [1.807, 2.05) is 6.07 Å². The molecule has 2 rings (SSSR count). The van der Waals surface area contributed by atoms with Gasteiger partial charge in [-0.05, 0) is 37.6 Å². The molecule has 104 valence electrons. The molecule has 0 spiro atoms. The smallest absolute Gasteiger partial charge is 0.246 e. The van der Waals surface area contributed by atoms with Crippen LogP contribution in [0.15, 0.2) is 18.2 Å². The Morgan fingerprint density at radius 2 is 2.15 bits per heavy atom. The fourth-order valence-corrected chi connectivity index (χ4v) is 2.10. The molecule has 1 saturated heterocycles. The van der Waals surface area contributed by atoms with Crippen molar-refractivity contribution in [2.45, 2.75) is 25.9 Å². The van der Waals surface area contributed by atoms with Crippen LogP contribution in [-0.2, 0) is 16.1 Å². The SMILES string of the molecule is CC1(C)C(=O)NC(=O)CN1Cc1cc(F)ccc1C#N. The van der Waals surface area contributed by atoms with E-state index in [-0.39, 0.29) is 13.1 Å². The van der Waals surface area contributed by atoms with E-state index in [1.165, 1.54) is 18.2 Å². The minimum atomic E-state index is -0.896. The van der Waals surface area contributed by atoms with Crippen molar-refractivity contribution in [1.29, 1.82) is 5.26 Å². The Morgan fingerprint density at radius 3 is 2.80 bits per heavy atom. The van der Waals surface area contributed by atoms with Crippen molar-refractivity contribution in [3.63, 3.8) is 0 Å². The third-order valence-corrected chi connectivity index (χ3v) is 3.48. The number of carbonyl (C=O) groups excluding carboxylic acids is 2. The molecule has 0 bridgehead atoms. The number of hydrogen-bond acceptors (Lipinski definition) is 4. The fraction of sp³-hybridized carbons (Fsp3) is 0.357. The third-order valence-electron chi connectivity index (χ3n) is 3.48. The molecule has 5 nitrogen and oxygen atoms in total. The topological polar surface area (TPSA) is 73.2 Å². The Morgan fingerprint density at radius 1 is 1.45 bits per heavy atom. The molecule has 1 N–H and O–H groups in total. The van der Waals surface area contributed by atoms with Crippen LogP contribution in [-0.4, -0.2) is 28.8 Å². The quantitative estimate of drug-likeness (QED) is 0.815. The maximum absolute atomic E-state index is 13.3. The summed E-state index contributed by atoms with van der Waals surface area (Å²) in [5.74, 6) is -1.25. The molecule has 20 heavy (non-hydrogen) atoms. The van der Waals surface area contributed by atoms with Gasteiger partial charge in [0.25, 0.3) is 0 Å². The lowest BCUT2D eigenvalue weighted by molar-refractivity contribution is -0.145. The Kier molecular flexibility index (Phi) is 3.55. The highest BCUT2D eigenvalue weighted by Crippen LogP contribution is 2.22. The molecule has 0 unspecified atom stereocenters. The molecule has 1 heterocycles. The molecule has 0 aromatic heterocycles. The number of carbonyl (C=O) groups is 2. The molecule has 1 aliphatic heterocycles. The van der Waals surface area contributed by atoms with Gasteiger partial charge < -0.3 is 0 Å². The van der Waals surface area contributed by atoms with Gasteiger partial charge in [-0.25, -0.2) is 4.39 Å². The minimum Gasteiger partial charge on any atom is -0.294 e. The molecule has 1 fully saturated rings. The lowest BCUT2D eigenvalue weighted by Gasteiger charge is -2.40. The molecule has 2 amide bonds. The van der Waals surface area contributed by atoms with E-state index in [9.17, 15) is 14.0 Å². The number of benzene rings is 1. The summed E-state index contributed by atoms with van der Waals surface area (Å²) in [5.41, 5.74) is -0.101. The lowest BCUT2D eigenvalue weighted by atomic mass is 9.97. The van der Waals surface area contributed by atoms with Gasteiger partial charge in [0.2, 0.25) is 11.8 Å². The van der Waals surface area contributed by atoms with E-state index in [1.54, 1.807) is 18.7 Å². The highest BCUT2D eigenvalue weighted by molar-refractivity contribution is 6.02. The van der Waals surface area contributed by atoms with Gasteiger partial charge in [0.1, 0.15) is 5.82 Å². The second kappa shape index (κ2) is 5.02. The number of nitriles is 1. The first-order valence-electron chi connectivity index (χ1n) is 6.12. The first kappa shape index (κ1) is 14.2. The Labute approximate surface area is 116 Å². The normalized spacial score (nSPS) is 18.5. The second-order valence-electron chi connectivity index (χ2n) is 5.21. The first-order chi connectivity index (χ1) is 9.34. The summed E-state index contributed by atoms with van der Waals surface area (Å²) in [6.07, 6.45) is 0. The average molecular weight is 275 g/mol. The van der Waals surface area contributed by atoms with Crippen LogP contribution < -0.4 is 5.32 Å². The van der Waals surface area contributed by atoms with Crippen molar-refractivity contribution >= 4 is 11.8 Å². The molecule has 0 aliphatic carbocycles. The van der Waals surface area contributed by atoms with E-state index in [2.05, 4.69) is 5.32 Å². The predicted molar refractivity (Wildman–Crippen MR) is 68.8 cm³/mol. The lowest BCUT2D eigenvalue weighted by Crippen LogP contribution is -2.63. The molecule has 1 aromatic carbocycles. The Hall–Kier alpha value is -2.26. The van der Waals surface area contributed by atoms with E-state index >= 15 is 0 Å². The maximum atomic E-state index is 13.3. The number of piperazine rings is 1. The van der Waals surface area contributed by atoms with E-state index in [4.69, 9.17) is 5.26 Å². The van der Waals surface area contributed by atoms with E-state index in [0.717, 1.165) is 0 Å². The summed E-state index contributed by atoms with van der Waals surface area (Å²) in [5, 5.41) is 11.3. The van der Waals surface area contributed by atoms with E-state index < -0.39 is 23.2 Å². The van der Waals surface area contributed by atoms with Gasteiger partial charge in [-0.2, -0.15) is 5.26 Å². The first-order valence-corrected chi connectivity index (χ1v) is 6.12. The van der Waals surface area contributed by atoms with Crippen molar-refractivity contribution < 1.29 is 14.0 Å². The summed E-state index contributed by atoms with van der Waals surface area (Å²) in [6.45, 7) is 3.55. The number of imide groups is 1. The molecule has 0 saturated carbocycles. The zero-order chi connectivity index (χ0) is 14.9. The predicted octanol–water partition coefficient (Wildman–Crippen LogP) is 0.934. The number of rotatable bonds is 2. The molecular formula is C14H14FN3O2. The molecule has 1 aliphatic rings. The Balaban J connectivity index is 2.33. The van der Waals surface area contributed by atoms with Crippen molar-refractivity contribution in [1.82, 2.24) is 10.2 Å². The summed E-state index contributed by atoms with van der Waals surface area (Å²) in [6, 6.07) is 5.84. The molecule has 1 aromatic rings. The molecule has 0 atom stereocenters. The zero-order valence-electron chi connectivity index (χ0n) is 11.2. The number of amides is 2. The van der Waals surface area contributed by atoms with Gasteiger partial charge in [0.15, 0.2) is 0 Å². The molecule has 6 heteroatoms. The van der Waals surface area contributed by atoms with Crippen molar-refractivity contribution in [2.75, 3.05) is 6.54 Å². The maximum Gasteiger partial charge on any atom is 0.246 e. The standard InChI is InChI=1S/C14H14FN3O2/c1-14(2)13(20)17-12(19)8-18(14)7-10-5-11(15)4-3-9(10)6-16/h3-5H,7-8H2,1-2H3,(H,17,19,20). The number of nitrogens with zero attached hydrogens (tertiary/aromatic N) is 2. The van der Waals surface area contributed by atoms with Crippen molar-refractivity contribution in [3.8, 4) is 6.07 Å². The van der Waals surface area contributed by atoms with Crippen molar-refractivity contribution in [2.24, 2.45) is 0 Å². The van der Waals surface area contributed by atoms with Gasteiger partial charge in [-0.3, -0.25) is 19.8 Å². The summed E-state index contributed by atoms with van der Waals surface area (Å²) >= 11 is 0. The fourth-order valence-electron chi connectivity index (χ4n) is 2.10. The third kappa shape index (κ3) is 2.53. The summed E-state index contributed by atoms with van der Waals surface area (Å²) < 4.78 is 13.3. The van der Waals surface area contributed by atoms with Crippen LogP contribution in [0.3, 0.4) is 0 Å². The van der Waals surface area contributed by atoms with Gasteiger partial charge in [0, 0.05) is 6.54 Å². The van der Waals surface area contributed by atoms with Gasteiger partial charge in [-0.15, -0.1) is 0 Å². The molecular weight excluding hydrogens is 261 g/mol. The summed E-state index contributed by atoms with van der Waals surface area (Å²) in [4.78, 5) is 24.9. The van der Waals surface area contributed by atoms with Crippen LogP contribution in [0.2, 0.25) is 0 Å². The van der Waals surface area contributed by atoms with Crippen LogP contribution in [0.5, 0.6) is 0 Å². The van der Waals surface area contributed by atoms with Gasteiger partial charge >= 0.3 is 0 Å². The average Bonchev–Trinajstić information content (AvgIpc) is 2.36. The van der Waals surface area contributed by atoms with Gasteiger partial charge in [-0.1, -0.05) is 0 Å². The zero-order valence-corrected chi connectivity index (χ0v) is 11.2. The van der Waals surface area contributed by atoms with Crippen LogP contribution in [0.1, 0.15) is 25.0 Å².